The van der Waals surface area contributed by atoms with Crippen LogP contribution in [0.5, 0.6) is 5.75 Å². The maximum absolute atomic E-state index is 13.3. The number of piperidine rings is 1. The van der Waals surface area contributed by atoms with Crippen LogP contribution in [0.25, 0.3) is 0 Å². The first-order valence-electron chi connectivity index (χ1n) is 9.96. The fourth-order valence-electron chi connectivity index (χ4n) is 4.11. The summed E-state index contributed by atoms with van der Waals surface area (Å²) in [5, 5.41) is 0. The molecule has 1 aromatic rings. The van der Waals surface area contributed by atoms with Gasteiger partial charge in [0.25, 0.3) is 11.8 Å². The van der Waals surface area contributed by atoms with Gasteiger partial charge in [0.15, 0.2) is 0 Å². The lowest BCUT2D eigenvalue weighted by Crippen LogP contribution is -2.57. The molecule has 0 saturated carbocycles. The molecule has 28 heavy (non-hydrogen) atoms. The van der Waals surface area contributed by atoms with Crippen LogP contribution in [0.1, 0.15) is 29.6 Å². The second kappa shape index (κ2) is 8.92. The van der Waals surface area contributed by atoms with E-state index in [9.17, 15) is 9.59 Å². The highest BCUT2D eigenvalue weighted by atomic mass is 16.5. The number of hydrogen-bond acceptors (Lipinski definition) is 5. The Hall–Kier alpha value is -2.12. The third-order valence-corrected chi connectivity index (χ3v) is 5.98. The van der Waals surface area contributed by atoms with Crippen molar-refractivity contribution in [2.75, 3.05) is 60.5 Å². The van der Waals surface area contributed by atoms with E-state index in [1.54, 1.807) is 31.3 Å². The van der Waals surface area contributed by atoms with Gasteiger partial charge in [0, 0.05) is 52.7 Å². The van der Waals surface area contributed by atoms with E-state index in [1.807, 2.05) is 17.0 Å². The summed E-state index contributed by atoms with van der Waals surface area (Å²) >= 11 is 0. The molecule has 7 nitrogen and oxygen atoms in total. The highest BCUT2D eigenvalue weighted by Crippen LogP contribution is 2.30. The van der Waals surface area contributed by atoms with Crippen LogP contribution in [-0.4, -0.2) is 92.7 Å². The summed E-state index contributed by atoms with van der Waals surface area (Å²) in [6, 6.07) is 7.24. The van der Waals surface area contributed by atoms with Crippen molar-refractivity contribution >= 4 is 11.8 Å². The Kier molecular flexibility index (Phi) is 6.57. The van der Waals surface area contributed by atoms with Crippen LogP contribution in [0.2, 0.25) is 0 Å². The van der Waals surface area contributed by atoms with Gasteiger partial charge in [-0.05, 0) is 32.1 Å². The van der Waals surface area contributed by atoms with Gasteiger partial charge in [0.1, 0.15) is 11.4 Å². The quantitative estimate of drug-likeness (QED) is 0.781. The minimum atomic E-state index is -0.833. The molecule has 2 amide bonds. The number of ether oxygens (including phenoxy) is 2. The third-order valence-electron chi connectivity index (χ3n) is 5.98. The number of likely N-dealkylation sites (tertiary alicyclic amines) is 1. The second-order valence-corrected chi connectivity index (χ2v) is 7.64. The Morgan fingerprint density at radius 2 is 1.64 bits per heavy atom. The Labute approximate surface area is 167 Å². The Morgan fingerprint density at radius 3 is 2.32 bits per heavy atom. The Morgan fingerprint density at radius 1 is 0.929 bits per heavy atom. The van der Waals surface area contributed by atoms with Gasteiger partial charge in [-0.1, -0.05) is 12.1 Å². The number of carbonyl (C=O) groups is 2. The molecule has 2 aliphatic heterocycles. The average Bonchev–Trinajstić information content (AvgIpc) is 2.97. The fourth-order valence-corrected chi connectivity index (χ4v) is 4.11. The molecule has 2 aliphatic rings. The van der Waals surface area contributed by atoms with Gasteiger partial charge >= 0.3 is 0 Å². The van der Waals surface area contributed by atoms with E-state index in [-0.39, 0.29) is 11.8 Å². The molecular formula is C21H31N3O4. The van der Waals surface area contributed by atoms with Crippen molar-refractivity contribution in [2.24, 2.45) is 0 Å². The van der Waals surface area contributed by atoms with Gasteiger partial charge in [-0.15, -0.1) is 0 Å². The number of amides is 2. The molecular weight excluding hydrogens is 358 g/mol. The van der Waals surface area contributed by atoms with Crippen molar-refractivity contribution in [3.8, 4) is 5.75 Å². The van der Waals surface area contributed by atoms with Crippen molar-refractivity contribution in [1.82, 2.24) is 14.7 Å². The topological polar surface area (TPSA) is 62.3 Å². The lowest BCUT2D eigenvalue weighted by molar-refractivity contribution is -0.160. The van der Waals surface area contributed by atoms with Crippen LogP contribution in [-0.2, 0) is 9.53 Å². The summed E-state index contributed by atoms with van der Waals surface area (Å²) in [6.45, 7) is 4.35. The molecule has 0 radical (unpaired) electrons. The summed E-state index contributed by atoms with van der Waals surface area (Å²) in [7, 11) is 5.26. The molecule has 0 atom stereocenters. The van der Waals surface area contributed by atoms with E-state index in [4.69, 9.17) is 9.47 Å². The van der Waals surface area contributed by atoms with Gasteiger partial charge < -0.3 is 24.2 Å². The van der Waals surface area contributed by atoms with Crippen LogP contribution >= 0.6 is 0 Å². The van der Waals surface area contributed by atoms with Gasteiger partial charge in [0.05, 0.1) is 12.7 Å². The minimum Gasteiger partial charge on any atom is -0.496 e. The molecule has 3 rings (SSSR count). The maximum atomic E-state index is 13.3. The van der Waals surface area contributed by atoms with Crippen LogP contribution in [0.4, 0.5) is 0 Å². The van der Waals surface area contributed by atoms with E-state index >= 15 is 0 Å². The van der Waals surface area contributed by atoms with E-state index in [1.165, 1.54) is 0 Å². The van der Waals surface area contributed by atoms with Gasteiger partial charge in [-0.25, -0.2) is 0 Å². The Balaban J connectivity index is 1.67. The van der Waals surface area contributed by atoms with E-state index in [0.29, 0.717) is 37.2 Å². The van der Waals surface area contributed by atoms with E-state index < -0.39 is 5.60 Å². The molecule has 2 fully saturated rings. The van der Waals surface area contributed by atoms with Crippen LogP contribution in [0, 0.1) is 0 Å². The average molecular weight is 389 g/mol. The van der Waals surface area contributed by atoms with Crippen LogP contribution in [0.3, 0.4) is 0 Å². The van der Waals surface area contributed by atoms with Crippen molar-refractivity contribution in [3.05, 3.63) is 29.8 Å². The highest BCUT2D eigenvalue weighted by molar-refractivity contribution is 5.97. The summed E-state index contributed by atoms with van der Waals surface area (Å²) < 4.78 is 11.1. The first-order chi connectivity index (χ1) is 13.5. The summed E-state index contributed by atoms with van der Waals surface area (Å²) in [5.74, 6) is 0.571. The van der Waals surface area contributed by atoms with Gasteiger partial charge in [0.2, 0.25) is 0 Å². The third kappa shape index (κ3) is 4.15. The molecule has 7 heteroatoms. The smallest absolute Gasteiger partial charge is 0.257 e. The van der Waals surface area contributed by atoms with Crippen LogP contribution < -0.4 is 4.74 Å². The van der Waals surface area contributed by atoms with E-state index in [0.717, 1.165) is 32.6 Å². The number of hydrogen-bond donors (Lipinski definition) is 0. The lowest BCUT2D eigenvalue weighted by atomic mass is 9.89. The lowest BCUT2D eigenvalue weighted by Gasteiger charge is -2.42. The molecule has 0 aromatic heterocycles. The summed E-state index contributed by atoms with van der Waals surface area (Å²) in [6.07, 6.45) is 1.99. The number of methoxy groups -OCH3 is 2. The van der Waals surface area contributed by atoms with Gasteiger partial charge in [-0.2, -0.15) is 0 Å². The van der Waals surface area contributed by atoms with E-state index in [2.05, 4.69) is 11.9 Å². The predicted octanol–water partition coefficient (Wildman–Crippen LogP) is 1.48. The first kappa shape index (κ1) is 20.6. The monoisotopic (exact) mass is 389 g/mol. The number of rotatable bonds is 4. The zero-order chi connectivity index (χ0) is 20.1. The standard InChI is InChI=1S/C21H31N3O4/c1-22-11-6-12-24(16-15-22)20(26)21(28-3)9-13-23(14-10-21)19(25)17-7-4-5-8-18(17)27-2/h4-5,7-8H,6,9-16H2,1-3H3. The van der Waals surface area contributed by atoms with Crippen molar-refractivity contribution in [1.29, 1.82) is 0 Å². The molecule has 0 aliphatic carbocycles. The molecule has 0 spiro atoms. The number of benzene rings is 1. The molecule has 0 unspecified atom stereocenters. The zero-order valence-electron chi connectivity index (χ0n) is 17.1. The second-order valence-electron chi connectivity index (χ2n) is 7.64. The Bertz CT molecular complexity index is 701. The highest BCUT2D eigenvalue weighted by Gasteiger charge is 2.45. The first-order valence-corrected chi connectivity index (χ1v) is 9.96. The fraction of sp³-hybridized carbons (Fsp3) is 0.619. The largest absolute Gasteiger partial charge is 0.496 e. The summed E-state index contributed by atoms with van der Waals surface area (Å²) in [5.41, 5.74) is -0.280. The van der Waals surface area contributed by atoms with Crippen molar-refractivity contribution < 1.29 is 19.1 Å². The molecule has 0 bridgehead atoms. The number of likely N-dealkylation sites (N-methyl/N-ethyl adjacent to an activating group) is 1. The molecule has 0 N–H and O–H groups in total. The minimum absolute atomic E-state index is 0.0639. The summed E-state index contributed by atoms with van der Waals surface area (Å²) in [4.78, 5) is 32.2. The van der Waals surface area contributed by atoms with Crippen LogP contribution in [0.15, 0.2) is 24.3 Å². The number of para-hydroxylation sites is 1. The zero-order valence-corrected chi connectivity index (χ0v) is 17.1. The molecule has 154 valence electrons. The van der Waals surface area contributed by atoms with Crippen molar-refractivity contribution in [2.45, 2.75) is 24.9 Å². The molecule has 2 saturated heterocycles. The SMILES string of the molecule is COc1ccccc1C(=O)N1CCC(OC)(C(=O)N2CCCN(C)CC2)CC1. The maximum Gasteiger partial charge on any atom is 0.257 e. The van der Waals surface area contributed by atoms with Gasteiger partial charge in [-0.3, -0.25) is 9.59 Å². The van der Waals surface area contributed by atoms with Crippen molar-refractivity contribution in [3.63, 3.8) is 0 Å². The normalized spacial score (nSPS) is 20.5. The predicted molar refractivity (Wildman–Crippen MR) is 107 cm³/mol. The number of carbonyl (C=O) groups excluding carboxylic acids is 2. The molecule has 1 aromatic carbocycles. The number of nitrogens with zero attached hydrogens (tertiary/aromatic N) is 3. The molecule has 2 heterocycles.